The van der Waals surface area contributed by atoms with Crippen LogP contribution in [0.4, 0.5) is 9.18 Å². The summed E-state index contributed by atoms with van der Waals surface area (Å²) in [5.41, 5.74) is 4.69. The number of carbonyl (C=O) groups excluding carboxylic acids is 1. The van der Waals surface area contributed by atoms with Crippen LogP contribution >= 0.6 is 0 Å². The highest BCUT2D eigenvalue weighted by molar-refractivity contribution is 5.73. The molecule has 3 rings (SSSR count). The normalized spacial score (nSPS) is 10.6. The maximum absolute atomic E-state index is 12.9. The van der Waals surface area contributed by atoms with E-state index in [1.54, 1.807) is 12.1 Å². The molecule has 0 aliphatic heterocycles. The van der Waals surface area contributed by atoms with Crippen molar-refractivity contribution in [2.75, 3.05) is 0 Å². The van der Waals surface area contributed by atoms with Crippen LogP contribution < -0.4 is 10.6 Å². The minimum atomic E-state index is -0.292. The largest absolute Gasteiger partial charge is 0.334 e. The second-order valence-electron chi connectivity index (χ2n) is 6.06. The van der Waals surface area contributed by atoms with Crippen molar-refractivity contribution in [2.45, 2.75) is 26.9 Å². The zero-order valence-corrected chi connectivity index (χ0v) is 14.8. The zero-order chi connectivity index (χ0) is 18.5. The highest BCUT2D eigenvalue weighted by Crippen LogP contribution is 2.17. The second kappa shape index (κ2) is 7.82. The predicted molar refractivity (Wildman–Crippen MR) is 98.5 cm³/mol. The van der Waals surface area contributed by atoms with Crippen molar-refractivity contribution < 1.29 is 9.18 Å². The van der Waals surface area contributed by atoms with Crippen molar-refractivity contribution in [1.82, 2.24) is 20.4 Å². The van der Waals surface area contributed by atoms with E-state index in [1.807, 2.05) is 48.9 Å². The van der Waals surface area contributed by atoms with Gasteiger partial charge >= 0.3 is 6.03 Å². The van der Waals surface area contributed by atoms with Crippen LogP contribution in [0.3, 0.4) is 0 Å². The smallest absolute Gasteiger partial charge is 0.315 e. The summed E-state index contributed by atoms with van der Waals surface area (Å²) in [5, 5.41) is 10.2. The lowest BCUT2D eigenvalue weighted by atomic mass is 10.2. The Hall–Kier alpha value is -3.15. The summed E-state index contributed by atoms with van der Waals surface area (Å²) in [6, 6.07) is 15.6. The maximum Gasteiger partial charge on any atom is 0.315 e. The van der Waals surface area contributed by atoms with Crippen molar-refractivity contribution in [3.8, 4) is 5.69 Å². The number of nitrogens with zero attached hydrogens (tertiary/aromatic N) is 2. The monoisotopic (exact) mass is 352 g/mol. The Kier molecular flexibility index (Phi) is 5.31. The maximum atomic E-state index is 12.9. The van der Waals surface area contributed by atoms with Crippen molar-refractivity contribution in [3.05, 3.63) is 82.9 Å². The molecule has 0 spiro atoms. The molecular weight excluding hydrogens is 331 g/mol. The van der Waals surface area contributed by atoms with Gasteiger partial charge in [-0.05, 0) is 43.7 Å². The van der Waals surface area contributed by atoms with Gasteiger partial charge in [-0.25, -0.2) is 13.9 Å². The first-order valence-electron chi connectivity index (χ1n) is 8.41. The number of rotatable bonds is 5. The molecule has 1 heterocycles. The summed E-state index contributed by atoms with van der Waals surface area (Å²) in [6.45, 7) is 4.65. The van der Waals surface area contributed by atoms with Crippen LogP contribution in [0, 0.1) is 19.7 Å². The van der Waals surface area contributed by atoms with Crippen LogP contribution in [0.1, 0.15) is 22.5 Å². The Morgan fingerprint density at radius 2 is 1.65 bits per heavy atom. The standard InChI is InChI=1S/C20H21FN4O/c1-14-19(15(2)25(24-14)18-6-4-3-5-7-18)13-23-20(26)22-12-16-8-10-17(21)11-9-16/h3-11H,12-13H2,1-2H3,(H2,22,23,26). The van der Waals surface area contributed by atoms with Gasteiger partial charge in [0.2, 0.25) is 0 Å². The number of hydrogen-bond donors (Lipinski definition) is 2. The molecule has 134 valence electrons. The van der Waals surface area contributed by atoms with E-state index in [9.17, 15) is 9.18 Å². The molecule has 0 radical (unpaired) electrons. The first-order valence-corrected chi connectivity index (χ1v) is 8.41. The summed E-state index contributed by atoms with van der Waals surface area (Å²) < 4.78 is 14.8. The van der Waals surface area contributed by atoms with E-state index in [0.29, 0.717) is 13.1 Å². The van der Waals surface area contributed by atoms with Crippen LogP contribution in [0.25, 0.3) is 5.69 Å². The number of aryl methyl sites for hydroxylation is 1. The third kappa shape index (κ3) is 4.08. The molecule has 3 aromatic rings. The molecule has 0 fully saturated rings. The Bertz CT molecular complexity index is 888. The van der Waals surface area contributed by atoms with Crippen LogP contribution in [0.15, 0.2) is 54.6 Å². The van der Waals surface area contributed by atoms with E-state index in [0.717, 1.165) is 28.2 Å². The first-order chi connectivity index (χ1) is 12.5. The van der Waals surface area contributed by atoms with E-state index in [1.165, 1.54) is 12.1 Å². The quantitative estimate of drug-likeness (QED) is 0.737. The minimum absolute atomic E-state index is 0.277. The molecule has 2 amide bonds. The summed E-state index contributed by atoms with van der Waals surface area (Å²) in [7, 11) is 0. The summed E-state index contributed by atoms with van der Waals surface area (Å²) >= 11 is 0. The van der Waals surface area contributed by atoms with E-state index < -0.39 is 0 Å². The molecule has 2 N–H and O–H groups in total. The number of amides is 2. The third-order valence-corrected chi connectivity index (χ3v) is 4.23. The van der Waals surface area contributed by atoms with Crippen LogP contribution in [0.5, 0.6) is 0 Å². The van der Waals surface area contributed by atoms with Crippen molar-refractivity contribution in [3.63, 3.8) is 0 Å². The van der Waals surface area contributed by atoms with Crippen molar-refractivity contribution in [1.29, 1.82) is 0 Å². The molecule has 0 bridgehead atoms. The van der Waals surface area contributed by atoms with Crippen LogP contribution in [-0.2, 0) is 13.1 Å². The Morgan fingerprint density at radius 3 is 2.35 bits per heavy atom. The molecule has 0 aliphatic rings. The SMILES string of the molecule is Cc1nn(-c2ccccc2)c(C)c1CNC(=O)NCc1ccc(F)cc1. The molecule has 5 nitrogen and oxygen atoms in total. The third-order valence-electron chi connectivity index (χ3n) is 4.23. The van der Waals surface area contributed by atoms with Gasteiger partial charge in [-0.15, -0.1) is 0 Å². The summed E-state index contributed by atoms with van der Waals surface area (Å²) in [6.07, 6.45) is 0. The molecule has 0 aliphatic carbocycles. The number of hydrogen-bond acceptors (Lipinski definition) is 2. The molecule has 0 saturated carbocycles. The fourth-order valence-electron chi connectivity index (χ4n) is 2.77. The number of nitrogens with one attached hydrogen (secondary N) is 2. The number of carbonyl (C=O) groups is 1. The lowest BCUT2D eigenvalue weighted by molar-refractivity contribution is 0.240. The minimum Gasteiger partial charge on any atom is -0.334 e. The molecule has 0 saturated heterocycles. The Balaban J connectivity index is 1.60. The first kappa shape index (κ1) is 17.7. The van der Waals surface area contributed by atoms with Crippen molar-refractivity contribution in [2.24, 2.45) is 0 Å². The van der Waals surface area contributed by atoms with Gasteiger partial charge in [-0.2, -0.15) is 5.10 Å². The highest BCUT2D eigenvalue weighted by atomic mass is 19.1. The van der Waals surface area contributed by atoms with Crippen LogP contribution in [-0.4, -0.2) is 15.8 Å². The number of para-hydroxylation sites is 1. The Labute approximate surface area is 151 Å². The summed E-state index contributed by atoms with van der Waals surface area (Å²) in [4.78, 5) is 12.0. The molecule has 0 unspecified atom stereocenters. The van der Waals surface area contributed by atoms with Gasteiger partial charge in [0.25, 0.3) is 0 Å². The lowest BCUT2D eigenvalue weighted by Gasteiger charge is -2.09. The Morgan fingerprint density at radius 1 is 1.00 bits per heavy atom. The van der Waals surface area contributed by atoms with Gasteiger partial charge in [0.05, 0.1) is 11.4 Å². The predicted octanol–water partition coefficient (Wildman–Crippen LogP) is 3.63. The molecule has 6 heteroatoms. The van der Waals surface area contributed by atoms with Gasteiger partial charge < -0.3 is 10.6 Å². The number of benzene rings is 2. The number of halogens is 1. The van der Waals surface area contributed by atoms with E-state index in [-0.39, 0.29) is 11.8 Å². The number of aromatic nitrogens is 2. The fourth-order valence-corrected chi connectivity index (χ4v) is 2.77. The molecular formula is C20H21FN4O. The second-order valence-corrected chi connectivity index (χ2v) is 6.06. The van der Waals surface area contributed by atoms with Gasteiger partial charge in [-0.1, -0.05) is 30.3 Å². The molecule has 0 atom stereocenters. The highest BCUT2D eigenvalue weighted by Gasteiger charge is 2.13. The van der Waals surface area contributed by atoms with Gasteiger partial charge in [0.15, 0.2) is 0 Å². The van der Waals surface area contributed by atoms with E-state index >= 15 is 0 Å². The van der Waals surface area contributed by atoms with Crippen LogP contribution in [0.2, 0.25) is 0 Å². The van der Waals surface area contributed by atoms with E-state index in [2.05, 4.69) is 15.7 Å². The topological polar surface area (TPSA) is 59.0 Å². The fraction of sp³-hybridized carbons (Fsp3) is 0.200. The van der Waals surface area contributed by atoms with Gasteiger partial charge in [-0.3, -0.25) is 0 Å². The summed E-state index contributed by atoms with van der Waals surface area (Å²) in [5.74, 6) is -0.292. The molecule has 1 aromatic heterocycles. The zero-order valence-electron chi connectivity index (χ0n) is 14.8. The van der Waals surface area contributed by atoms with E-state index in [4.69, 9.17) is 0 Å². The number of urea groups is 1. The molecule has 26 heavy (non-hydrogen) atoms. The van der Waals surface area contributed by atoms with Gasteiger partial charge in [0, 0.05) is 24.3 Å². The van der Waals surface area contributed by atoms with Crippen molar-refractivity contribution >= 4 is 6.03 Å². The lowest BCUT2D eigenvalue weighted by Crippen LogP contribution is -2.34. The molecule has 2 aromatic carbocycles. The van der Waals surface area contributed by atoms with Gasteiger partial charge in [0.1, 0.15) is 5.82 Å². The average molecular weight is 352 g/mol. The average Bonchev–Trinajstić information content (AvgIpc) is 2.94.